The second kappa shape index (κ2) is 7.35. The first-order chi connectivity index (χ1) is 9.79. The van der Waals surface area contributed by atoms with Gasteiger partial charge in [0.1, 0.15) is 12.2 Å². The summed E-state index contributed by atoms with van der Waals surface area (Å²) in [5.41, 5.74) is -0.540. The standard InChI is InChI=1S/C14H26N2O4S/c1-5-14(6-2,21-4)8-15-12(19)16-9-13(3,10-16)20-7-11(17)18/h5-10H2,1-4H3,(H,15,19)(H,17,18). The molecule has 0 radical (unpaired) electrons. The molecule has 1 rings (SSSR count). The fraction of sp³-hybridized carbons (Fsp3) is 0.857. The fourth-order valence-corrected chi connectivity index (χ4v) is 3.24. The van der Waals surface area contributed by atoms with Gasteiger partial charge in [0.05, 0.1) is 13.1 Å². The van der Waals surface area contributed by atoms with Gasteiger partial charge in [-0.25, -0.2) is 9.59 Å². The number of carbonyl (C=O) groups is 2. The fourth-order valence-electron chi connectivity index (χ4n) is 2.44. The highest BCUT2D eigenvalue weighted by molar-refractivity contribution is 8.00. The zero-order valence-electron chi connectivity index (χ0n) is 13.3. The number of hydrogen-bond donors (Lipinski definition) is 2. The third kappa shape index (κ3) is 4.78. The Balaban J connectivity index is 2.37. The Morgan fingerprint density at radius 1 is 1.38 bits per heavy atom. The van der Waals surface area contributed by atoms with Gasteiger partial charge >= 0.3 is 12.0 Å². The van der Waals surface area contributed by atoms with E-state index in [-0.39, 0.29) is 17.4 Å². The SMILES string of the molecule is CCC(CC)(CNC(=O)N1CC(C)(OCC(=O)O)C1)SC. The van der Waals surface area contributed by atoms with E-state index in [1.54, 1.807) is 16.7 Å². The van der Waals surface area contributed by atoms with E-state index in [1.165, 1.54) is 0 Å². The van der Waals surface area contributed by atoms with Crippen molar-refractivity contribution in [2.75, 3.05) is 32.5 Å². The molecule has 21 heavy (non-hydrogen) atoms. The summed E-state index contributed by atoms with van der Waals surface area (Å²) in [5.74, 6) is -0.991. The largest absolute Gasteiger partial charge is 0.480 e. The molecule has 1 fully saturated rings. The number of ether oxygens (including phenoxy) is 1. The van der Waals surface area contributed by atoms with Crippen molar-refractivity contribution in [1.29, 1.82) is 0 Å². The highest BCUT2D eigenvalue weighted by atomic mass is 32.2. The van der Waals surface area contributed by atoms with Crippen molar-refractivity contribution >= 4 is 23.8 Å². The first-order valence-electron chi connectivity index (χ1n) is 7.23. The number of nitrogens with zero attached hydrogens (tertiary/aromatic N) is 1. The number of carbonyl (C=O) groups excluding carboxylic acids is 1. The van der Waals surface area contributed by atoms with Crippen molar-refractivity contribution in [3.05, 3.63) is 0 Å². The summed E-state index contributed by atoms with van der Waals surface area (Å²) in [5, 5.41) is 11.6. The van der Waals surface area contributed by atoms with E-state index in [0.717, 1.165) is 12.8 Å². The van der Waals surface area contributed by atoms with Crippen molar-refractivity contribution in [3.8, 4) is 0 Å². The molecule has 2 amide bonds. The van der Waals surface area contributed by atoms with Crippen LogP contribution < -0.4 is 5.32 Å². The Morgan fingerprint density at radius 3 is 2.38 bits per heavy atom. The van der Waals surface area contributed by atoms with Gasteiger partial charge in [0.2, 0.25) is 0 Å². The zero-order chi connectivity index (χ0) is 16.1. The molecule has 1 aliphatic rings. The van der Waals surface area contributed by atoms with Gasteiger partial charge < -0.3 is 20.1 Å². The van der Waals surface area contributed by atoms with E-state index in [2.05, 4.69) is 25.4 Å². The van der Waals surface area contributed by atoms with Crippen LogP contribution in [0, 0.1) is 0 Å². The van der Waals surface area contributed by atoms with Gasteiger partial charge in [-0.2, -0.15) is 11.8 Å². The molecule has 6 nitrogen and oxygen atoms in total. The lowest BCUT2D eigenvalue weighted by Crippen LogP contribution is -2.65. The molecule has 1 heterocycles. The summed E-state index contributed by atoms with van der Waals surface area (Å²) < 4.78 is 5.38. The first kappa shape index (κ1) is 18.1. The maximum atomic E-state index is 12.1. The van der Waals surface area contributed by atoms with E-state index >= 15 is 0 Å². The number of urea groups is 1. The predicted octanol–water partition coefficient (Wildman–Crippen LogP) is 1.79. The molecule has 2 N–H and O–H groups in total. The number of nitrogens with one attached hydrogen (secondary N) is 1. The summed E-state index contributed by atoms with van der Waals surface area (Å²) in [7, 11) is 0. The summed E-state index contributed by atoms with van der Waals surface area (Å²) in [6, 6.07) is -0.105. The summed E-state index contributed by atoms with van der Waals surface area (Å²) in [6.45, 7) is 7.26. The van der Waals surface area contributed by atoms with E-state index in [9.17, 15) is 9.59 Å². The number of carboxylic acid groups (broad SMARTS) is 1. The minimum atomic E-state index is -0.991. The minimum absolute atomic E-state index is 0.0869. The van der Waals surface area contributed by atoms with E-state index in [0.29, 0.717) is 19.6 Å². The summed E-state index contributed by atoms with van der Waals surface area (Å²) >= 11 is 1.78. The molecule has 0 aliphatic carbocycles. The first-order valence-corrected chi connectivity index (χ1v) is 8.46. The van der Waals surface area contributed by atoms with Crippen molar-refractivity contribution in [3.63, 3.8) is 0 Å². The van der Waals surface area contributed by atoms with Gasteiger partial charge in [-0.05, 0) is 26.0 Å². The number of likely N-dealkylation sites (tertiary alicyclic amines) is 1. The van der Waals surface area contributed by atoms with Crippen molar-refractivity contribution < 1.29 is 19.4 Å². The van der Waals surface area contributed by atoms with Crippen LogP contribution in [0.25, 0.3) is 0 Å². The van der Waals surface area contributed by atoms with Crippen LogP contribution in [0.2, 0.25) is 0 Å². The molecule has 1 saturated heterocycles. The minimum Gasteiger partial charge on any atom is -0.480 e. The van der Waals surface area contributed by atoms with Gasteiger partial charge in [0.15, 0.2) is 0 Å². The molecule has 0 aromatic heterocycles. The van der Waals surface area contributed by atoms with Crippen LogP contribution in [0.4, 0.5) is 4.79 Å². The lowest BCUT2D eigenvalue weighted by atomic mass is 9.97. The second-order valence-corrected chi connectivity index (χ2v) is 7.02. The normalized spacial score (nSPS) is 17.2. The Kier molecular flexibility index (Phi) is 6.34. The van der Waals surface area contributed by atoms with Crippen LogP contribution >= 0.6 is 11.8 Å². The molecule has 0 aromatic carbocycles. The number of aliphatic carboxylic acids is 1. The van der Waals surface area contributed by atoms with Crippen LogP contribution in [0.15, 0.2) is 0 Å². The van der Waals surface area contributed by atoms with Gasteiger partial charge in [0.25, 0.3) is 0 Å². The zero-order valence-corrected chi connectivity index (χ0v) is 14.1. The molecular weight excluding hydrogens is 292 g/mol. The average Bonchev–Trinajstić information content (AvgIpc) is 2.44. The second-order valence-electron chi connectivity index (χ2n) is 5.74. The van der Waals surface area contributed by atoms with Crippen molar-refractivity contribution in [1.82, 2.24) is 10.2 Å². The molecule has 0 atom stereocenters. The molecule has 0 spiro atoms. The van der Waals surface area contributed by atoms with Crippen molar-refractivity contribution in [2.24, 2.45) is 0 Å². The van der Waals surface area contributed by atoms with Gasteiger partial charge in [-0.15, -0.1) is 0 Å². The Morgan fingerprint density at radius 2 is 1.95 bits per heavy atom. The average molecular weight is 318 g/mol. The Labute approximate surface area is 130 Å². The highest BCUT2D eigenvalue weighted by Crippen LogP contribution is 2.30. The van der Waals surface area contributed by atoms with E-state index in [4.69, 9.17) is 9.84 Å². The smallest absolute Gasteiger partial charge is 0.329 e. The molecule has 0 bridgehead atoms. The molecule has 0 aromatic rings. The lowest BCUT2D eigenvalue weighted by molar-refractivity contribution is -0.159. The van der Waals surface area contributed by atoms with Crippen molar-refractivity contribution in [2.45, 2.75) is 44.0 Å². The number of carboxylic acids is 1. The maximum absolute atomic E-state index is 12.1. The number of hydrogen-bond acceptors (Lipinski definition) is 4. The van der Waals surface area contributed by atoms with Crippen LogP contribution in [0.5, 0.6) is 0 Å². The molecule has 7 heteroatoms. The topological polar surface area (TPSA) is 78.9 Å². The number of thioether (sulfide) groups is 1. The third-order valence-electron chi connectivity index (χ3n) is 4.17. The highest BCUT2D eigenvalue weighted by Gasteiger charge is 2.43. The van der Waals surface area contributed by atoms with E-state index in [1.807, 2.05) is 6.92 Å². The Hall–Kier alpha value is -0.950. The molecule has 1 aliphatic heterocycles. The quantitative estimate of drug-likeness (QED) is 0.713. The predicted molar refractivity (Wildman–Crippen MR) is 83.8 cm³/mol. The molecular formula is C14H26N2O4S. The Bertz CT molecular complexity index is 371. The number of rotatable bonds is 8. The third-order valence-corrected chi connectivity index (χ3v) is 5.75. The van der Waals surface area contributed by atoms with Crippen LogP contribution in [0.1, 0.15) is 33.6 Å². The van der Waals surface area contributed by atoms with E-state index < -0.39 is 11.6 Å². The monoisotopic (exact) mass is 318 g/mol. The van der Waals surface area contributed by atoms with Gasteiger partial charge in [-0.1, -0.05) is 13.8 Å². The van der Waals surface area contributed by atoms with Gasteiger partial charge in [-0.3, -0.25) is 0 Å². The maximum Gasteiger partial charge on any atom is 0.329 e. The van der Waals surface area contributed by atoms with Gasteiger partial charge in [0, 0.05) is 11.3 Å². The summed E-state index contributed by atoms with van der Waals surface area (Å²) in [6.07, 6.45) is 4.08. The lowest BCUT2D eigenvalue weighted by Gasteiger charge is -2.47. The number of amides is 2. The van der Waals surface area contributed by atoms with Crippen LogP contribution in [0.3, 0.4) is 0 Å². The molecule has 122 valence electrons. The van der Waals surface area contributed by atoms with Crippen LogP contribution in [-0.2, 0) is 9.53 Å². The molecule has 0 saturated carbocycles. The summed E-state index contributed by atoms with van der Waals surface area (Å²) in [4.78, 5) is 24.2. The van der Waals surface area contributed by atoms with Crippen LogP contribution in [-0.4, -0.2) is 64.9 Å². The molecule has 0 unspecified atom stereocenters.